The number of nitrogens with one attached hydrogen (secondary N) is 1. The molecule has 10 heteroatoms. The molecule has 1 atom stereocenters. The van der Waals surface area contributed by atoms with Crippen molar-refractivity contribution >= 4 is 50.7 Å². The minimum absolute atomic E-state index is 0.0614. The number of halogens is 2. The minimum atomic E-state index is -3.53. The lowest BCUT2D eigenvalue weighted by atomic mass is 10.1. The van der Waals surface area contributed by atoms with Crippen LogP contribution < -0.4 is 9.62 Å². The highest BCUT2D eigenvalue weighted by atomic mass is 35.5. The molecule has 0 heterocycles. The maximum Gasteiger partial charge on any atom is 0.242 e. The topological polar surface area (TPSA) is 86.8 Å². The summed E-state index contributed by atoms with van der Waals surface area (Å²) in [6.45, 7) is 6.40. The van der Waals surface area contributed by atoms with Crippen molar-refractivity contribution in [3.63, 3.8) is 0 Å². The van der Waals surface area contributed by atoms with Gasteiger partial charge in [-0.1, -0.05) is 61.3 Å². The molecule has 0 bridgehead atoms. The third kappa shape index (κ3) is 9.02. The van der Waals surface area contributed by atoms with E-state index in [1.807, 2.05) is 13.8 Å². The van der Waals surface area contributed by atoms with Crippen LogP contribution >= 0.6 is 23.2 Å². The predicted octanol–water partition coefficient (Wildman–Crippen LogP) is 4.73. The summed E-state index contributed by atoms with van der Waals surface area (Å²) in [4.78, 5) is 27.5. The second kappa shape index (κ2) is 13.1. The monoisotopic (exact) mass is 541 g/mol. The predicted molar refractivity (Wildman–Crippen MR) is 142 cm³/mol. The van der Waals surface area contributed by atoms with Crippen LogP contribution in [0, 0.1) is 5.92 Å². The number of anilines is 1. The molecule has 2 aromatic carbocycles. The summed E-state index contributed by atoms with van der Waals surface area (Å²) in [6, 6.07) is 13.0. The van der Waals surface area contributed by atoms with Gasteiger partial charge in [0.15, 0.2) is 0 Å². The van der Waals surface area contributed by atoms with Gasteiger partial charge in [-0.05, 0) is 49.1 Å². The third-order valence-corrected chi connectivity index (χ3v) is 7.18. The van der Waals surface area contributed by atoms with E-state index in [2.05, 4.69) is 5.32 Å². The Morgan fingerprint density at radius 1 is 1.03 bits per heavy atom. The van der Waals surface area contributed by atoms with Gasteiger partial charge in [0, 0.05) is 36.1 Å². The van der Waals surface area contributed by atoms with Crippen LogP contribution in [0.2, 0.25) is 10.0 Å². The minimum Gasteiger partial charge on any atom is -0.354 e. The average Bonchev–Trinajstić information content (AvgIpc) is 2.79. The van der Waals surface area contributed by atoms with Gasteiger partial charge in [0.25, 0.3) is 0 Å². The zero-order valence-electron chi connectivity index (χ0n) is 20.5. The van der Waals surface area contributed by atoms with Gasteiger partial charge in [-0.2, -0.15) is 0 Å². The first-order valence-electron chi connectivity index (χ1n) is 11.4. The zero-order chi connectivity index (χ0) is 26.2. The fourth-order valence-corrected chi connectivity index (χ4v) is 4.90. The Bertz CT molecular complexity index is 1110. The lowest BCUT2D eigenvalue weighted by Gasteiger charge is -2.30. The number of rotatable bonds is 12. The number of hydrogen-bond acceptors (Lipinski definition) is 4. The fraction of sp³-hybridized carbons (Fsp3) is 0.440. The van der Waals surface area contributed by atoms with E-state index in [1.54, 1.807) is 55.5 Å². The van der Waals surface area contributed by atoms with E-state index in [-0.39, 0.29) is 43.7 Å². The molecule has 35 heavy (non-hydrogen) atoms. The Kier molecular flexibility index (Phi) is 10.9. The van der Waals surface area contributed by atoms with Crippen LogP contribution in [0.25, 0.3) is 0 Å². The number of nitrogens with zero attached hydrogens (tertiary/aromatic N) is 2. The van der Waals surface area contributed by atoms with Gasteiger partial charge in [0.05, 0.1) is 11.9 Å². The van der Waals surface area contributed by atoms with Crippen molar-refractivity contribution < 1.29 is 18.0 Å². The molecule has 2 aromatic rings. The molecular weight excluding hydrogens is 509 g/mol. The van der Waals surface area contributed by atoms with Gasteiger partial charge < -0.3 is 10.2 Å². The van der Waals surface area contributed by atoms with Crippen LogP contribution in [0.15, 0.2) is 48.5 Å². The summed E-state index contributed by atoms with van der Waals surface area (Å²) in [6.07, 6.45) is 1.48. The molecule has 0 fully saturated rings. The smallest absolute Gasteiger partial charge is 0.242 e. The van der Waals surface area contributed by atoms with Crippen LogP contribution in [0.3, 0.4) is 0 Å². The highest BCUT2D eigenvalue weighted by molar-refractivity contribution is 7.92. The second-order valence-electron chi connectivity index (χ2n) is 8.85. The van der Waals surface area contributed by atoms with E-state index in [0.717, 1.165) is 6.26 Å². The molecular formula is C25H33Cl2N3O4S. The average molecular weight is 543 g/mol. The van der Waals surface area contributed by atoms with Gasteiger partial charge in [-0.25, -0.2) is 8.42 Å². The van der Waals surface area contributed by atoms with Gasteiger partial charge in [-0.15, -0.1) is 0 Å². The van der Waals surface area contributed by atoms with Crippen molar-refractivity contribution in [2.75, 3.05) is 23.7 Å². The summed E-state index contributed by atoms with van der Waals surface area (Å²) in [5.74, 6) is -0.273. The number of carbonyl (C=O) groups excluding carboxylic acids is 2. The van der Waals surface area contributed by atoms with E-state index in [0.29, 0.717) is 27.8 Å². The summed E-state index contributed by atoms with van der Waals surface area (Å²) in [7, 11) is -3.53. The first-order chi connectivity index (χ1) is 16.4. The molecule has 0 aliphatic heterocycles. The molecule has 0 radical (unpaired) electrons. The van der Waals surface area contributed by atoms with Crippen molar-refractivity contribution in [1.82, 2.24) is 10.2 Å². The molecule has 192 valence electrons. The van der Waals surface area contributed by atoms with Gasteiger partial charge in [-0.3, -0.25) is 13.9 Å². The Balaban J connectivity index is 2.18. The lowest BCUT2D eigenvalue weighted by molar-refractivity contribution is -0.140. The van der Waals surface area contributed by atoms with Crippen LogP contribution in [0.1, 0.15) is 39.2 Å². The van der Waals surface area contributed by atoms with Crippen molar-refractivity contribution in [3.05, 3.63) is 64.1 Å². The maximum atomic E-state index is 13.3. The Morgan fingerprint density at radius 2 is 1.69 bits per heavy atom. The maximum absolute atomic E-state index is 13.3. The van der Waals surface area contributed by atoms with Crippen molar-refractivity contribution in [2.45, 2.75) is 46.2 Å². The van der Waals surface area contributed by atoms with Crippen LogP contribution in [-0.2, 0) is 26.2 Å². The summed E-state index contributed by atoms with van der Waals surface area (Å²) < 4.78 is 25.9. The standard InChI is InChI=1S/C25H33Cl2N3O4S/c1-18(2)16-28-25(32)19(3)29(17-20-12-13-21(26)15-23(20)27)24(31)11-8-14-30(35(4,33)34)22-9-6-5-7-10-22/h5-7,9-10,12-13,15,18-19H,8,11,14,16-17H2,1-4H3,(H,28,32)/t19-/m0/s1. The highest BCUT2D eigenvalue weighted by Gasteiger charge is 2.27. The highest BCUT2D eigenvalue weighted by Crippen LogP contribution is 2.24. The number of para-hydroxylation sites is 1. The fourth-order valence-electron chi connectivity index (χ4n) is 3.47. The molecule has 0 unspecified atom stereocenters. The number of sulfonamides is 1. The Morgan fingerprint density at radius 3 is 2.26 bits per heavy atom. The van der Waals surface area contributed by atoms with Gasteiger partial charge in [0.1, 0.15) is 6.04 Å². The van der Waals surface area contributed by atoms with E-state index >= 15 is 0 Å². The molecule has 0 aliphatic carbocycles. The molecule has 0 aromatic heterocycles. The van der Waals surface area contributed by atoms with E-state index in [9.17, 15) is 18.0 Å². The number of hydrogen-bond donors (Lipinski definition) is 1. The SMILES string of the molecule is CC(C)CNC(=O)[C@H](C)N(Cc1ccc(Cl)cc1Cl)C(=O)CCCN(c1ccccc1)S(C)(=O)=O. The number of amides is 2. The molecule has 0 saturated carbocycles. The normalized spacial score (nSPS) is 12.3. The molecule has 7 nitrogen and oxygen atoms in total. The number of benzene rings is 2. The second-order valence-corrected chi connectivity index (χ2v) is 11.6. The van der Waals surface area contributed by atoms with Crippen LogP contribution in [0.5, 0.6) is 0 Å². The first kappa shape index (κ1) is 28.9. The third-order valence-electron chi connectivity index (χ3n) is 5.40. The molecule has 0 spiro atoms. The van der Waals surface area contributed by atoms with Gasteiger partial charge >= 0.3 is 0 Å². The van der Waals surface area contributed by atoms with E-state index < -0.39 is 16.1 Å². The van der Waals surface area contributed by atoms with E-state index in [4.69, 9.17) is 23.2 Å². The largest absolute Gasteiger partial charge is 0.354 e. The Hall–Kier alpha value is -2.29. The van der Waals surface area contributed by atoms with Gasteiger partial charge in [0.2, 0.25) is 21.8 Å². The zero-order valence-corrected chi connectivity index (χ0v) is 22.8. The molecule has 0 aliphatic rings. The summed E-state index contributed by atoms with van der Waals surface area (Å²) in [5, 5.41) is 3.74. The molecule has 2 amide bonds. The first-order valence-corrected chi connectivity index (χ1v) is 14.0. The molecule has 1 N–H and O–H groups in total. The molecule has 0 saturated heterocycles. The van der Waals surface area contributed by atoms with Crippen molar-refractivity contribution in [2.24, 2.45) is 5.92 Å². The lowest BCUT2D eigenvalue weighted by Crippen LogP contribution is -2.48. The number of carbonyl (C=O) groups is 2. The summed E-state index contributed by atoms with van der Waals surface area (Å²) in [5.41, 5.74) is 1.20. The Labute approximate surface area is 218 Å². The van der Waals surface area contributed by atoms with Crippen LogP contribution in [-0.4, -0.2) is 50.5 Å². The summed E-state index contributed by atoms with van der Waals surface area (Å²) >= 11 is 12.3. The van der Waals surface area contributed by atoms with Crippen LogP contribution in [0.4, 0.5) is 5.69 Å². The van der Waals surface area contributed by atoms with Crippen molar-refractivity contribution in [3.8, 4) is 0 Å². The van der Waals surface area contributed by atoms with E-state index in [1.165, 1.54) is 9.21 Å². The quantitative estimate of drug-likeness (QED) is 0.420. The molecule has 2 rings (SSSR count). The van der Waals surface area contributed by atoms with Crippen molar-refractivity contribution in [1.29, 1.82) is 0 Å².